The SMILES string of the molecule is COc1cc([C@@H]2[C@@H]3CCCC[C@@]3(O)CC[NH+]2Cc2cccc(F)c2)ccc1O. The zero-order chi connectivity index (χ0) is 19.7. The number of quaternary nitrogens is 1. The summed E-state index contributed by atoms with van der Waals surface area (Å²) in [5, 5.41) is 21.4. The Hall–Kier alpha value is -2.11. The maximum absolute atomic E-state index is 13.7. The Bertz CT molecular complexity index is 842. The minimum Gasteiger partial charge on any atom is -0.504 e. The van der Waals surface area contributed by atoms with Gasteiger partial charge in [-0.15, -0.1) is 0 Å². The zero-order valence-electron chi connectivity index (χ0n) is 16.3. The molecule has 4 rings (SSSR count). The molecule has 1 unspecified atom stereocenters. The topological polar surface area (TPSA) is 54.1 Å². The van der Waals surface area contributed by atoms with Crippen LogP contribution in [0.1, 0.15) is 49.3 Å². The summed E-state index contributed by atoms with van der Waals surface area (Å²) in [5.41, 5.74) is 1.39. The number of likely N-dealkylation sites (tertiary alicyclic amines) is 1. The third kappa shape index (κ3) is 3.61. The Labute approximate surface area is 165 Å². The van der Waals surface area contributed by atoms with Gasteiger partial charge in [0.05, 0.1) is 19.3 Å². The van der Waals surface area contributed by atoms with Crippen molar-refractivity contribution in [3.63, 3.8) is 0 Å². The maximum atomic E-state index is 13.7. The Kier molecular flexibility index (Phi) is 5.30. The van der Waals surface area contributed by atoms with E-state index in [1.165, 1.54) is 11.0 Å². The molecule has 150 valence electrons. The van der Waals surface area contributed by atoms with Crippen molar-refractivity contribution in [1.82, 2.24) is 0 Å². The van der Waals surface area contributed by atoms with Gasteiger partial charge >= 0.3 is 0 Å². The number of hydrogen-bond acceptors (Lipinski definition) is 3. The molecule has 0 amide bonds. The molecule has 0 aromatic heterocycles. The van der Waals surface area contributed by atoms with E-state index in [1.807, 2.05) is 18.2 Å². The van der Waals surface area contributed by atoms with E-state index in [0.717, 1.165) is 49.8 Å². The van der Waals surface area contributed by atoms with E-state index in [0.29, 0.717) is 12.3 Å². The van der Waals surface area contributed by atoms with Crippen LogP contribution in [0.5, 0.6) is 11.5 Å². The standard InChI is InChI=1S/C23H28FNO3/c1-28-21-14-17(8-9-20(21)26)22-19-7-2-3-10-23(19,27)11-12-25(22)15-16-5-4-6-18(24)13-16/h4-6,8-9,13-14,19,22,26-27H,2-3,7,10-12,15H2,1H3/p+1/t19-,22+,23+/m0/s1. The first kappa shape index (κ1) is 19.2. The highest BCUT2D eigenvalue weighted by Crippen LogP contribution is 2.45. The third-order valence-electron chi connectivity index (χ3n) is 6.67. The van der Waals surface area contributed by atoms with Crippen LogP contribution in [0.2, 0.25) is 0 Å². The van der Waals surface area contributed by atoms with Crippen LogP contribution in [0.4, 0.5) is 4.39 Å². The molecule has 1 heterocycles. The second-order valence-electron chi connectivity index (χ2n) is 8.33. The second-order valence-corrected chi connectivity index (χ2v) is 8.33. The van der Waals surface area contributed by atoms with Crippen LogP contribution in [-0.4, -0.2) is 29.5 Å². The van der Waals surface area contributed by atoms with Gasteiger partial charge in [-0.25, -0.2) is 4.39 Å². The minimum atomic E-state index is -0.639. The van der Waals surface area contributed by atoms with Gasteiger partial charge in [0, 0.05) is 23.5 Å². The first-order chi connectivity index (χ1) is 13.5. The number of nitrogens with one attached hydrogen (secondary N) is 1. The number of phenols is 1. The van der Waals surface area contributed by atoms with E-state index in [2.05, 4.69) is 0 Å². The molecule has 2 aromatic carbocycles. The lowest BCUT2D eigenvalue weighted by Gasteiger charge is -2.50. The highest BCUT2D eigenvalue weighted by molar-refractivity contribution is 5.42. The molecule has 1 aliphatic carbocycles. The average molecular weight is 386 g/mol. The molecular weight excluding hydrogens is 357 g/mol. The van der Waals surface area contributed by atoms with Gasteiger partial charge in [-0.1, -0.05) is 25.0 Å². The van der Waals surface area contributed by atoms with Crippen molar-refractivity contribution in [2.45, 2.75) is 50.3 Å². The molecule has 1 aliphatic heterocycles. The van der Waals surface area contributed by atoms with Crippen LogP contribution in [0.3, 0.4) is 0 Å². The zero-order valence-corrected chi connectivity index (χ0v) is 16.3. The van der Waals surface area contributed by atoms with Gasteiger partial charge in [0.1, 0.15) is 18.4 Å². The summed E-state index contributed by atoms with van der Waals surface area (Å²) in [5.74, 6) is 0.499. The monoisotopic (exact) mass is 386 g/mol. The number of ether oxygens (including phenoxy) is 1. The number of phenolic OH excluding ortho intramolecular Hbond substituents is 1. The average Bonchev–Trinajstić information content (AvgIpc) is 2.69. The fourth-order valence-corrected chi connectivity index (χ4v) is 5.32. The maximum Gasteiger partial charge on any atom is 0.160 e. The number of rotatable bonds is 4. The molecule has 5 heteroatoms. The van der Waals surface area contributed by atoms with Crippen LogP contribution in [0.25, 0.3) is 0 Å². The van der Waals surface area contributed by atoms with Crippen molar-refractivity contribution in [2.75, 3.05) is 13.7 Å². The summed E-state index contributed by atoms with van der Waals surface area (Å²) >= 11 is 0. The fraction of sp³-hybridized carbons (Fsp3) is 0.478. The molecule has 28 heavy (non-hydrogen) atoms. The van der Waals surface area contributed by atoms with E-state index >= 15 is 0 Å². The smallest absolute Gasteiger partial charge is 0.160 e. The van der Waals surface area contributed by atoms with Crippen LogP contribution in [-0.2, 0) is 6.54 Å². The highest BCUT2D eigenvalue weighted by Gasteiger charge is 2.51. The van der Waals surface area contributed by atoms with Crippen molar-refractivity contribution in [3.05, 3.63) is 59.4 Å². The summed E-state index contributed by atoms with van der Waals surface area (Å²) in [7, 11) is 1.55. The van der Waals surface area contributed by atoms with Gasteiger partial charge in [0.15, 0.2) is 11.5 Å². The summed E-state index contributed by atoms with van der Waals surface area (Å²) in [6.45, 7) is 1.54. The Balaban J connectivity index is 1.72. The Morgan fingerprint density at radius 2 is 2.04 bits per heavy atom. The van der Waals surface area contributed by atoms with Crippen LogP contribution < -0.4 is 9.64 Å². The third-order valence-corrected chi connectivity index (χ3v) is 6.67. The van der Waals surface area contributed by atoms with Crippen molar-refractivity contribution < 1.29 is 24.2 Å². The second kappa shape index (κ2) is 7.72. The summed E-state index contributed by atoms with van der Waals surface area (Å²) in [4.78, 5) is 1.33. The summed E-state index contributed by atoms with van der Waals surface area (Å²) in [6, 6.07) is 12.4. The number of hydrogen-bond donors (Lipinski definition) is 3. The number of aromatic hydroxyl groups is 1. The van der Waals surface area contributed by atoms with E-state index < -0.39 is 5.60 Å². The van der Waals surface area contributed by atoms with E-state index in [4.69, 9.17) is 4.74 Å². The van der Waals surface area contributed by atoms with Gasteiger partial charge in [-0.2, -0.15) is 0 Å². The number of benzene rings is 2. The lowest BCUT2D eigenvalue weighted by atomic mass is 9.66. The Morgan fingerprint density at radius 1 is 1.18 bits per heavy atom. The molecule has 3 N–H and O–H groups in total. The van der Waals surface area contributed by atoms with Gasteiger partial charge < -0.3 is 19.8 Å². The predicted molar refractivity (Wildman–Crippen MR) is 105 cm³/mol. The molecular formula is C23H29FNO3+. The fourth-order valence-electron chi connectivity index (χ4n) is 5.32. The first-order valence-corrected chi connectivity index (χ1v) is 10.2. The van der Waals surface area contributed by atoms with Gasteiger partial charge in [-0.3, -0.25) is 0 Å². The lowest BCUT2D eigenvalue weighted by molar-refractivity contribution is -0.958. The molecule has 2 aromatic rings. The van der Waals surface area contributed by atoms with Crippen molar-refractivity contribution in [2.24, 2.45) is 5.92 Å². The van der Waals surface area contributed by atoms with Crippen LogP contribution in [0, 0.1) is 11.7 Å². The normalized spacial score (nSPS) is 29.9. The number of halogens is 1. The summed E-state index contributed by atoms with van der Waals surface area (Å²) in [6.07, 6.45) is 4.78. The number of piperidine rings is 1. The number of fused-ring (bicyclic) bond motifs is 1. The molecule has 0 spiro atoms. The van der Waals surface area contributed by atoms with Gasteiger partial charge in [-0.05, 0) is 43.2 Å². The predicted octanol–water partition coefficient (Wildman–Crippen LogP) is 2.99. The highest BCUT2D eigenvalue weighted by atomic mass is 19.1. The molecule has 2 aliphatic rings. The van der Waals surface area contributed by atoms with Gasteiger partial charge in [0.25, 0.3) is 0 Å². The molecule has 0 radical (unpaired) electrons. The molecule has 1 saturated heterocycles. The van der Waals surface area contributed by atoms with E-state index in [-0.39, 0.29) is 23.5 Å². The van der Waals surface area contributed by atoms with Crippen molar-refractivity contribution in [3.8, 4) is 11.5 Å². The molecule has 1 saturated carbocycles. The minimum absolute atomic E-state index is 0.0804. The van der Waals surface area contributed by atoms with Crippen LogP contribution in [0.15, 0.2) is 42.5 Å². The lowest BCUT2D eigenvalue weighted by Crippen LogP contribution is -3.13. The first-order valence-electron chi connectivity index (χ1n) is 10.2. The molecule has 4 nitrogen and oxygen atoms in total. The van der Waals surface area contributed by atoms with Crippen LogP contribution >= 0.6 is 0 Å². The molecule has 2 fully saturated rings. The Morgan fingerprint density at radius 3 is 2.82 bits per heavy atom. The number of aliphatic hydroxyl groups is 1. The molecule has 4 atom stereocenters. The van der Waals surface area contributed by atoms with E-state index in [1.54, 1.807) is 25.3 Å². The number of methoxy groups -OCH3 is 1. The van der Waals surface area contributed by atoms with Gasteiger partial charge in [0.2, 0.25) is 0 Å². The quantitative estimate of drug-likeness (QED) is 0.757. The summed E-state index contributed by atoms with van der Waals surface area (Å²) < 4.78 is 19.1. The molecule has 0 bridgehead atoms. The van der Waals surface area contributed by atoms with Crippen molar-refractivity contribution in [1.29, 1.82) is 0 Å². The van der Waals surface area contributed by atoms with Crippen molar-refractivity contribution >= 4 is 0 Å². The van der Waals surface area contributed by atoms with E-state index in [9.17, 15) is 14.6 Å². The largest absolute Gasteiger partial charge is 0.504 e.